The monoisotopic (exact) mass is 642 g/mol. The summed E-state index contributed by atoms with van der Waals surface area (Å²) < 4.78 is 21.6. The van der Waals surface area contributed by atoms with E-state index in [1.54, 1.807) is 20.8 Å². The molecule has 0 aromatic heterocycles. The van der Waals surface area contributed by atoms with Crippen LogP contribution in [0, 0.1) is 41.0 Å². The van der Waals surface area contributed by atoms with Crippen molar-refractivity contribution in [3.8, 4) is 0 Å². The van der Waals surface area contributed by atoms with Crippen LogP contribution in [0.1, 0.15) is 31.0 Å². The van der Waals surface area contributed by atoms with E-state index in [0.717, 1.165) is 18.1 Å². The number of benzene rings is 3. The van der Waals surface area contributed by atoms with Gasteiger partial charge in [-0.3, -0.25) is 25.0 Å². The Hall–Kier alpha value is -2.96. The maximum atomic E-state index is 10.8. The fourth-order valence-corrected chi connectivity index (χ4v) is 3.44. The van der Waals surface area contributed by atoms with Gasteiger partial charge in [-0.1, -0.05) is 42.2 Å². The smallest absolute Gasteiger partial charge is 0.300 e. The summed E-state index contributed by atoms with van der Waals surface area (Å²) in [5.74, 6) is -0.833. The number of nitro groups is 2. The predicted molar refractivity (Wildman–Crippen MR) is 155 cm³/mol. The van der Waals surface area contributed by atoms with Gasteiger partial charge in [0.2, 0.25) is 0 Å². The molecule has 0 spiro atoms. The molecule has 3 rings (SSSR count). The second kappa shape index (κ2) is 17.6. The summed E-state index contributed by atoms with van der Waals surface area (Å²) in [6.45, 7) is 6.26. The number of carboxylic acid groups (broad SMARTS) is 1. The number of aryl methyl sites for hydroxylation is 3. The molecule has 214 valence electrons. The van der Waals surface area contributed by atoms with Crippen molar-refractivity contribution in [3.05, 3.63) is 107 Å². The van der Waals surface area contributed by atoms with Gasteiger partial charge in [0.05, 0.1) is 14.7 Å². The van der Waals surface area contributed by atoms with Crippen molar-refractivity contribution in [2.45, 2.75) is 40.0 Å². The molecule has 3 aromatic carbocycles. The van der Waals surface area contributed by atoms with Crippen LogP contribution in [0.4, 0.5) is 11.4 Å². The zero-order valence-corrected chi connectivity index (χ0v) is 24.2. The lowest BCUT2D eigenvalue weighted by molar-refractivity contribution is -0.385. The van der Waals surface area contributed by atoms with Crippen LogP contribution >= 0.6 is 45.5 Å². The van der Waals surface area contributed by atoms with Crippen molar-refractivity contribution in [2.24, 2.45) is 0 Å². The Morgan fingerprint density at radius 1 is 0.744 bits per heavy atom. The van der Waals surface area contributed by atoms with E-state index in [2.05, 4.69) is 0 Å². The third-order valence-corrected chi connectivity index (χ3v) is 6.74. The van der Waals surface area contributed by atoms with Gasteiger partial charge in [0.15, 0.2) is 0 Å². The molecule has 0 heterocycles. The van der Waals surface area contributed by atoms with Crippen LogP contribution in [0.15, 0.2) is 59.5 Å². The van der Waals surface area contributed by atoms with Gasteiger partial charge in [0, 0.05) is 56.9 Å². The number of hydrogen-bond acceptors (Lipinski definition) is 7. The Bertz CT molecular complexity index is 1350. The standard InChI is InChI=1S/C7H6Cl2O2S.2C7H6ClNO2.C2H4O2.CH4/c1-5-4-6(12(9,10)11)2-3-7(5)8;2*1-5-4-6(9(10)11)2-3-7(5)8;1-2(3)4;/h2-4H,1H3;2*2-4H,1H3;1H3,(H,3,4);1H4. The Morgan fingerprint density at radius 2 is 1.03 bits per heavy atom. The zero-order chi connectivity index (χ0) is 29.8. The van der Waals surface area contributed by atoms with Crippen LogP contribution < -0.4 is 0 Å². The minimum absolute atomic E-state index is 0. The fourth-order valence-electron chi connectivity index (χ4n) is 2.25. The highest BCUT2D eigenvalue weighted by Gasteiger charge is 2.10. The van der Waals surface area contributed by atoms with Crippen LogP contribution in [0.2, 0.25) is 15.1 Å². The summed E-state index contributed by atoms with van der Waals surface area (Å²) in [6, 6.07) is 13.0. The lowest BCUT2D eigenvalue weighted by atomic mass is 10.2. The summed E-state index contributed by atoms with van der Waals surface area (Å²) >= 11 is 17.0. The number of non-ortho nitro benzene ring substituents is 2. The van der Waals surface area contributed by atoms with E-state index in [1.807, 2.05) is 0 Å². The molecule has 0 aliphatic carbocycles. The molecule has 0 unspecified atom stereocenters. The van der Waals surface area contributed by atoms with E-state index in [-0.39, 0.29) is 23.7 Å². The maximum Gasteiger partial charge on any atom is 0.300 e. The van der Waals surface area contributed by atoms with E-state index in [0.29, 0.717) is 20.6 Å². The molecule has 0 atom stereocenters. The molecule has 0 saturated heterocycles. The average Bonchev–Trinajstić information content (AvgIpc) is 2.79. The molecular formula is C24H26Cl4N2O8S. The van der Waals surface area contributed by atoms with Gasteiger partial charge in [0.25, 0.3) is 26.4 Å². The molecule has 0 radical (unpaired) electrons. The van der Waals surface area contributed by atoms with Crippen molar-refractivity contribution in [1.29, 1.82) is 0 Å². The number of carboxylic acids is 1. The van der Waals surface area contributed by atoms with Crippen molar-refractivity contribution in [1.82, 2.24) is 0 Å². The highest BCUT2D eigenvalue weighted by Crippen LogP contribution is 2.22. The lowest BCUT2D eigenvalue weighted by Crippen LogP contribution is -1.90. The first-order chi connectivity index (χ1) is 17.4. The van der Waals surface area contributed by atoms with Gasteiger partial charge in [-0.05, 0) is 67.8 Å². The number of carbonyl (C=O) groups is 1. The van der Waals surface area contributed by atoms with Gasteiger partial charge in [-0.25, -0.2) is 8.42 Å². The largest absolute Gasteiger partial charge is 0.481 e. The minimum Gasteiger partial charge on any atom is -0.481 e. The Kier molecular flexibility index (Phi) is 17.2. The first kappa shape index (κ1) is 38.2. The van der Waals surface area contributed by atoms with Crippen LogP contribution in [0.3, 0.4) is 0 Å². The second-order valence-corrected chi connectivity index (χ2v) is 11.0. The predicted octanol–water partition coefficient (Wildman–Crippen LogP) is 8.42. The van der Waals surface area contributed by atoms with Crippen LogP contribution in [-0.4, -0.2) is 29.3 Å². The van der Waals surface area contributed by atoms with Crippen molar-refractivity contribution < 1.29 is 28.2 Å². The maximum absolute atomic E-state index is 10.8. The average molecular weight is 644 g/mol. The molecule has 39 heavy (non-hydrogen) atoms. The summed E-state index contributed by atoms with van der Waals surface area (Å²) in [7, 11) is 1.48. The molecule has 3 aromatic rings. The summed E-state index contributed by atoms with van der Waals surface area (Å²) in [4.78, 5) is 28.6. The number of rotatable bonds is 3. The van der Waals surface area contributed by atoms with Crippen molar-refractivity contribution in [3.63, 3.8) is 0 Å². The van der Waals surface area contributed by atoms with Crippen LogP contribution in [0.25, 0.3) is 0 Å². The van der Waals surface area contributed by atoms with E-state index in [4.69, 9.17) is 55.4 Å². The number of aliphatic carboxylic acids is 1. The van der Waals surface area contributed by atoms with Gasteiger partial charge in [-0.15, -0.1) is 0 Å². The molecule has 0 aliphatic rings. The van der Waals surface area contributed by atoms with E-state index in [9.17, 15) is 28.6 Å². The zero-order valence-electron chi connectivity index (χ0n) is 20.3. The van der Waals surface area contributed by atoms with Crippen molar-refractivity contribution >= 4 is 71.9 Å². The van der Waals surface area contributed by atoms with E-state index in [1.165, 1.54) is 54.6 Å². The SMILES string of the molecule is C.CC(=O)O.Cc1cc(S(=O)(=O)Cl)ccc1Cl.Cc1cc([N+](=O)[O-])ccc1Cl.Cc1cc([N+](=O)[O-])ccc1Cl. The highest BCUT2D eigenvalue weighted by molar-refractivity contribution is 8.13. The minimum atomic E-state index is -3.63. The first-order valence-corrected chi connectivity index (χ1v) is 13.5. The fraction of sp³-hybridized carbons (Fsp3) is 0.208. The summed E-state index contributed by atoms with van der Waals surface area (Å²) in [6.07, 6.45) is 0. The molecule has 0 bridgehead atoms. The Balaban J connectivity index is 0. The molecule has 10 nitrogen and oxygen atoms in total. The molecule has 0 aliphatic heterocycles. The number of hydrogen-bond donors (Lipinski definition) is 1. The van der Waals surface area contributed by atoms with E-state index >= 15 is 0 Å². The Labute approximate surface area is 245 Å². The topological polar surface area (TPSA) is 158 Å². The normalized spacial score (nSPS) is 9.64. The van der Waals surface area contributed by atoms with Gasteiger partial charge >= 0.3 is 0 Å². The highest BCUT2D eigenvalue weighted by atomic mass is 35.7. The molecule has 0 saturated carbocycles. The number of nitrogens with zero attached hydrogens (tertiary/aromatic N) is 2. The quantitative estimate of drug-likeness (QED) is 0.169. The van der Waals surface area contributed by atoms with E-state index < -0.39 is 24.9 Å². The number of nitro benzene ring substituents is 2. The third-order valence-electron chi connectivity index (χ3n) is 4.12. The second-order valence-electron chi connectivity index (χ2n) is 7.25. The summed E-state index contributed by atoms with van der Waals surface area (Å²) in [5, 5.41) is 29.5. The first-order valence-electron chi connectivity index (χ1n) is 10.1. The lowest BCUT2D eigenvalue weighted by Gasteiger charge is -1.99. The molecule has 15 heteroatoms. The summed E-state index contributed by atoms with van der Waals surface area (Å²) in [5.41, 5.74) is 2.29. The third kappa shape index (κ3) is 15.3. The van der Waals surface area contributed by atoms with Crippen molar-refractivity contribution in [2.75, 3.05) is 0 Å². The molecule has 0 amide bonds. The van der Waals surface area contributed by atoms with Crippen LogP contribution in [0.5, 0.6) is 0 Å². The van der Waals surface area contributed by atoms with Gasteiger partial charge < -0.3 is 5.11 Å². The Morgan fingerprint density at radius 3 is 1.26 bits per heavy atom. The molecule has 1 N–H and O–H groups in total. The molecule has 0 fully saturated rings. The van der Waals surface area contributed by atoms with Crippen LogP contribution in [-0.2, 0) is 13.8 Å². The van der Waals surface area contributed by atoms with Gasteiger partial charge in [-0.2, -0.15) is 0 Å². The van der Waals surface area contributed by atoms with Gasteiger partial charge in [0.1, 0.15) is 0 Å². The number of halogens is 4. The molecular weight excluding hydrogens is 618 g/mol.